The molecule has 0 radical (unpaired) electrons. The predicted octanol–water partition coefficient (Wildman–Crippen LogP) is 1.04. The Labute approximate surface area is 109 Å². The summed E-state index contributed by atoms with van der Waals surface area (Å²) in [5.74, 6) is -1.07. The van der Waals surface area contributed by atoms with Gasteiger partial charge in [0.1, 0.15) is 0 Å². The van der Waals surface area contributed by atoms with E-state index in [9.17, 15) is 9.59 Å². The maximum Gasteiger partial charge on any atom is 0.308 e. The molecule has 0 saturated carbocycles. The van der Waals surface area contributed by atoms with Crippen molar-refractivity contribution in [2.24, 2.45) is 5.92 Å². The third-order valence-electron chi connectivity index (χ3n) is 3.67. The van der Waals surface area contributed by atoms with Gasteiger partial charge in [-0.1, -0.05) is 0 Å². The van der Waals surface area contributed by atoms with E-state index in [2.05, 4.69) is 25.8 Å². The molecule has 5 heteroatoms. The van der Waals surface area contributed by atoms with Crippen molar-refractivity contribution in [3.63, 3.8) is 0 Å². The Balaban J connectivity index is 2.35. The Kier molecular flexibility index (Phi) is 5.59. The molecule has 1 amide bonds. The van der Waals surface area contributed by atoms with Crippen LogP contribution in [0.5, 0.6) is 0 Å². The van der Waals surface area contributed by atoms with Crippen LogP contribution < -0.4 is 0 Å². The molecule has 1 fully saturated rings. The molecule has 1 heterocycles. The first-order chi connectivity index (χ1) is 8.41. The van der Waals surface area contributed by atoms with Crippen molar-refractivity contribution < 1.29 is 14.7 Å². The smallest absolute Gasteiger partial charge is 0.308 e. The van der Waals surface area contributed by atoms with Gasteiger partial charge in [-0.15, -0.1) is 0 Å². The molecule has 1 N–H and O–H groups in total. The molecule has 5 nitrogen and oxygen atoms in total. The molecule has 104 valence electrons. The Morgan fingerprint density at radius 3 is 2.78 bits per heavy atom. The molecule has 0 aromatic heterocycles. The minimum Gasteiger partial charge on any atom is -0.481 e. The lowest BCUT2D eigenvalue weighted by Crippen LogP contribution is -2.43. The monoisotopic (exact) mass is 256 g/mol. The first-order valence-corrected chi connectivity index (χ1v) is 6.62. The molecule has 1 saturated heterocycles. The van der Waals surface area contributed by atoms with Gasteiger partial charge in [0.2, 0.25) is 5.91 Å². The van der Waals surface area contributed by atoms with Gasteiger partial charge in [0.15, 0.2) is 0 Å². The number of piperidine rings is 1. The van der Waals surface area contributed by atoms with Gasteiger partial charge in [-0.3, -0.25) is 9.59 Å². The molecule has 0 aromatic carbocycles. The molecule has 1 atom stereocenters. The number of carbonyl (C=O) groups excluding carboxylic acids is 1. The second-order valence-electron chi connectivity index (χ2n) is 5.34. The summed E-state index contributed by atoms with van der Waals surface area (Å²) in [5.41, 5.74) is 0. The number of carbonyl (C=O) groups is 2. The van der Waals surface area contributed by atoms with E-state index in [1.165, 1.54) is 0 Å². The van der Waals surface area contributed by atoms with Crippen LogP contribution in [0.25, 0.3) is 0 Å². The fourth-order valence-corrected chi connectivity index (χ4v) is 2.10. The van der Waals surface area contributed by atoms with Crippen LogP contribution in [0, 0.1) is 5.92 Å². The number of nitrogens with zero attached hydrogens (tertiary/aromatic N) is 2. The standard InChI is InChI=1S/C13H24N2O3/c1-10(2)14(3)7-4-8-15-9-11(13(17)18)5-6-12(15)16/h10-11H,4-9H2,1-3H3,(H,17,18). The first kappa shape index (κ1) is 15.0. The van der Waals surface area contributed by atoms with E-state index in [0.29, 0.717) is 32.0 Å². The van der Waals surface area contributed by atoms with Crippen molar-refractivity contribution in [1.82, 2.24) is 9.80 Å². The zero-order valence-electron chi connectivity index (χ0n) is 11.6. The highest BCUT2D eigenvalue weighted by atomic mass is 16.4. The summed E-state index contributed by atoms with van der Waals surface area (Å²) in [6, 6.07) is 0.494. The SMILES string of the molecule is CC(C)N(C)CCCN1CC(C(=O)O)CCC1=O. The number of carboxylic acids is 1. The summed E-state index contributed by atoms with van der Waals surface area (Å²) in [6.45, 7) is 6.23. The van der Waals surface area contributed by atoms with Crippen molar-refractivity contribution in [3.05, 3.63) is 0 Å². The van der Waals surface area contributed by atoms with Crippen molar-refractivity contribution in [2.75, 3.05) is 26.7 Å². The van der Waals surface area contributed by atoms with E-state index in [1.54, 1.807) is 4.90 Å². The zero-order valence-corrected chi connectivity index (χ0v) is 11.6. The Hall–Kier alpha value is -1.10. The third kappa shape index (κ3) is 4.29. The second-order valence-corrected chi connectivity index (χ2v) is 5.34. The van der Waals surface area contributed by atoms with E-state index in [0.717, 1.165) is 13.0 Å². The summed E-state index contributed by atoms with van der Waals surface area (Å²) in [5, 5.41) is 8.98. The van der Waals surface area contributed by atoms with Gasteiger partial charge in [0.25, 0.3) is 0 Å². The summed E-state index contributed by atoms with van der Waals surface area (Å²) in [4.78, 5) is 26.6. The van der Waals surface area contributed by atoms with Crippen LogP contribution in [0.1, 0.15) is 33.1 Å². The normalized spacial score (nSPS) is 20.8. The van der Waals surface area contributed by atoms with E-state index < -0.39 is 5.97 Å². The number of amides is 1. The lowest BCUT2D eigenvalue weighted by Gasteiger charge is -2.31. The third-order valence-corrected chi connectivity index (χ3v) is 3.67. The van der Waals surface area contributed by atoms with Crippen LogP contribution in [0.15, 0.2) is 0 Å². The highest BCUT2D eigenvalue weighted by Gasteiger charge is 2.29. The fraction of sp³-hybridized carbons (Fsp3) is 0.846. The van der Waals surface area contributed by atoms with Gasteiger partial charge in [-0.05, 0) is 40.3 Å². The lowest BCUT2D eigenvalue weighted by molar-refractivity contribution is -0.147. The highest BCUT2D eigenvalue weighted by molar-refractivity contribution is 5.80. The summed E-state index contributed by atoms with van der Waals surface area (Å²) >= 11 is 0. The van der Waals surface area contributed by atoms with Crippen molar-refractivity contribution in [1.29, 1.82) is 0 Å². The minimum absolute atomic E-state index is 0.0969. The van der Waals surface area contributed by atoms with Crippen LogP contribution in [0.2, 0.25) is 0 Å². The number of carboxylic acid groups (broad SMARTS) is 1. The van der Waals surface area contributed by atoms with Crippen molar-refractivity contribution >= 4 is 11.9 Å². The van der Waals surface area contributed by atoms with Gasteiger partial charge in [0, 0.05) is 25.6 Å². The van der Waals surface area contributed by atoms with Crippen LogP contribution >= 0.6 is 0 Å². The predicted molar refractivity (Wildman–Crippen MR) is 69.3 cm³/mol. The molecule has 1 rings (SSSR count). The van der Waals surface area contributed by atoms with Gasteiger partial charge in [-0.25, -0.2) is 0 Å². The lowest BCUT2D eigenvalue weighted by atomic mass is 9.97. The zero-order chi connectivity index (χ0) is 13.7. The minimum atomic E-state index is -0.785. The Bertz CT molecular complexity index is 305. The van der Waals surface area contributed by atoms with E-state index in [4.69, 9.17) is 5.11 Å². The summed E-state index contributed by atoms with van der Waals surface area (Å²) in [6.07, 6.45) is 1.75. The highest BCUT2D eigenvalue weighted by Crippen LogP contribution is 2.18. The van der Waals surface area contributed by atoms with E-state index in [-0.39, 0.29) is 11.8 Å². The maximum atomic E-state index is 11.7. The summed E-state index contributed by atoms with van der Waals surface area (Å²) in [7, 11) is 2.06. The number of rotatable bonds is 6. The molecular weight excluding hydrogens is 232 g/mol. The molecule has 1 unspecified atom stereocenters. The van der Waals surface area contributed by atoms with E-state index >= 15 is 0 Å². The molecule has 1 aliphatic rings. The van der Waals surface area contributed by atoms with Crippen LogP contribution in [-0.2, 0) is 9.59 Å². The largest absolute Gasteiger partial charge is 0.481 e. The summed E-state index contributed by atoms with van der Waals surface area (Å²) < 4.78 is 0. The van der Waals surface area contributed by atoms with Crippen LogP contribution in [-0.4, -0.2) is 59.5 Å². The fourth-order valence-electron chi connectivity index (χ4n) is 2.10. The molecule has 1 aliphatic heterocycles. The van der Waals surface area contributed by atoms with Crippen LogP contribution in [0.3, 0.4) is 0 Å². The maximum absolute atomic E-state index is 11.7. The quantitative estimate of drug-likeness (QED) is 0.771. The molecule has 0 aliphatic carbocycles. The number of likely N-dealkylation sites (tertiary alicyclic amines) is 1. The first-order valence-electron chi connectivity index (χ1n) is 6.62. The topological polar surface area (TPSA) is 60.9 Å². The van der Waals surface area contributed by atoms with Crippen molar-refractivity contribution in [3.8, 4) is 0 Å². The van der Waals surface area contributed by atoms with Gasteiger partial charge in [0.05, 0.1) is 5.92 Å². The van der Waals surface area contributed by atoms with Gasteiger partial charge in [-0.2, -0.15) is 0 Å². The van der Waals surface area contributed by atoms with Crippen molar-refractivity contribution in [2.45, 2.75) is 39.2 Å². The second kappa shape index (κ2) is 6.73. The van der Waals surface area contributed by atoms with Gasteiger partial charge >= 0.3 is 5.97 Å². The van der Waals surface area contributed by atoms with E-state index in [1.807, 2.05) is 0 Å². The molecule has 0 spiro atoms. The Morgan fingerprint density at radius 2 is 2.22 bits per heavy atom. The molecular formula is C13H24N2O3. The van der Waals surface area contributed by atoms with Gasteiger partial charge < -0.3 is 14.9 Å². The van der Waals surface area contributed by atoms with Crippen LogP contribution in [0.4, 0.5) is 0 Å². The Morgan fingerprint density at radius 1 is 1.56 bits per heavy atom. The average molecular weight is 256 g/mol. The molecule has 18 heavy (non-hydrogen) atoms. The number of hydrogen-bond acceptors (Lipinski definition) is 3. The number of aliphatic carboxylic acids is 1. The number of hydrogen-bond donors (Lipinski definition) is 1. The molecule has 0 aromatic rings. The average Bonchev–Trinajstić information content (AvgIpc) is 2.30. The molecule has 0 bridgehead atoms.